The minimum absolute atomic E-state index is 0.123. The van der Waals surface area contributed by atoms with Gasteiger partial charge in [-0.05, 0) is 49.4 Å². The number of halogens is 1. The van der Waals surface area contributed by atoms with Crippen LogP contribution in [0, 0.1) is 6.92 Å². The predicted molar refractivity (Wildman–Crippen MR) is 126 cm³/mol. The molecular weight excluding hydrogens is 450 g/mol. The molecule has 31 heavy (non-hydrogen) atoms. The van der Waals surface area contributed by atoms with E-state index in [0.717, 1.165) is 45.5 Å². The molecule has 158 valence electrons. The van der Waals surface area contributed by atoms with Gasteiger partial charge in [0.15, 0.2) is 0 Å². The lowest BCUT2D eigenvalue weighted by Gasteiger charge is -2.12. The number of hydrogen-bond acceptors (Lipinski definition) is 5. The van der Waals surface area contributed by atoms with Gasteiger partial charge in [-0.15, -0.1) is 22.7 Å². The first kappa shape index (κ1) is 20.5. The summed E-state index contributed by atoms with van der Waals surface area (Å²) >= 11 is 9.54. The number of carbonyl (C=O) groups is 1. The SMILES string of the molecule is Cc1c(C(=O)NC2CCCO2)cc(-c2csc(-c3ccccc3Cl)n2)n1-c1cccs1. The molecule has 5 rings (SSSR count). The van der Waals surface area contributed by atoms with Crippen molar-refractivity contribution in [2.24, 2.45) is 0 Å². The molecule has 1 N–H and O–H groups in total. The monoisotopic (exact) mass is 469 g/mol. The van der Waals surface area contributed by atoms with Crippen LogP contribution < -0.4 is 5.32 Å². The molecule has 1 atom stereocenters. The van der Waals surface area contributed by atoms with Crippen LogP contribution in [0.2, 0.25) is 5.02 Å². The van der Waals surface area contributed by atoms with Crippen LogP contribution in [0.15, 0.2) is 53.2 Å². The number of aromatic nitrogens is 2. The lowest BCUT2D eigenvalue weighted by molar-refractivity contribution is 0.0639. The van der Waals surface area contributed by atoms with Gasteiger partial charge >= 0.3 is 0 Å². The minimum Gasteiger partial charge on any atom is -0.359 e. The Morgan fingerprint density at radius 3 is 2.87 bits per heavy atom. The number of ether oxygens (including phenoxy) is 1. The summed E-state index contributed by atoms with van der Waals surface area (Å²) in [4.78, 5) is 17.9. The lowest BCUT2D eigenvalue weighted by Crippen LogP contribution is -2.34. The molecule has 0 saturated carbocycles. The fourth-order valence-corrected chi connectivity index (χ4v) is 5.70. The summed E-state index contributed by atoms with van der Waals surface area (Å²) < 4.78 is 7.68. The smallest absolute Gasteiger partial charge is 0.255 e. The topological polar surface area (TPSA) is 56.1 Å². The molecule has 1 aliphatic rings. The molecule has 0 spiro atoms. The van der Waals surface area contributed by atoms with Crippen LogP contribution >= 0.6 is 34.3 Å². The highest BCUT2D eigenvalue weighted by Crippen LogP contribution is 2.36. The largest absolute Gasteiger partial charge is 0.359 e. The third-order valence-electron chi connectivity index (χ3n) is 5.31. The van der Waals surface area contributed by atoms with Crippen LogP contribution in [0.4, 0.5) is 0 Å². The summed E-state index contributed by atoms with van der Waals surface area (Å²) in [5.41, 5.74) is 4.11. The summed E-state index contributed by atoms with van der Waals surface area (Å²) in [5.74, 6) is -0.123. The van der Waals surface area contributed by atoms with Crippen molar-refractivity contribution in [3.63, 3.8) is 0 Å². The van der Waals surface area contributed by atoms with Crippen molar-refractivity contribution >= 4 is 40.2 Å². The van der Waals surface area contributed by atoms with Crippen LogP contribution in [-0.4, -0.2) is 28.3 Å². The molecule has 4 heterocycles. The van der Waals surface area contributed by atoms with Gasteiger partial charge in [-0.3, -0.25) is 4.79 Å². The standard InChI is InChI=1S/C23H20ClN3O2S2/c1-14-16(22(28)26-20-8-4-10-29-20)12-19(27(14)21-9-5-11-30-21)18-13-31-23(25-18)15-6-2-3-7-17(15)24/h2-3,5-7,9,11-13,20H,4,8,10H2,1H3,(H,26,28). The maximum absolute atomic E-state index is 13.0. The highest BCUT2D eigenvalue weighted by Gasteiger charge is 2.25. The summed E-state index contributed by atoms with van der Waals surface area (Å²) in [5, 5.41) is 9.61. The molecule has 1 aliphatic heterocycles. The zero-order valence-corrected chi connectivity index (χ0v) is 19.2. The van der Waals surface area contributed by atoms with E-state index in [1.807, 2.05) is 60.1 Å². The van der Waals surface area contributed by atoms with Gasteiger partial charge in [0.2, 0.25) is 0 Å². The Kier molecular flexibility index (Phi) is 5.67. The molecule has 3 aromatic heterocycles. The maximum atomic E-state index is 13.0. The van der Waals surface area contributed by atoms with Crippen molar-refractivity contribution in [3.05, 3.63) is 69.5 Å². The number of carbonyl (C=O) groups excluding carboxylic acids is 1. The third-order valence-corrected chi connectivity index (χ3v) is 7.37. The third kappa shape index (κ3) is 3.94. The van der Waals surface area contributed by atoms with E-state index in [1.54, 1.807) is 22.7 Å². The molecule has 1 fully saturated rings. The maximum Gasteiger partial charge on any atom is 0.255 e. The summed E-state index contributed by atoms with van der Waals surface area (Å²) in [7, 11) is 0. The van der Waals surface area contributed by atoms with Gasteiger partial charge in [0, 0.05) is 23.2 Å². The minimum atomic E-state index is -0.216. The quantitative estimate of drug-likeness (QED) is 0.381. The van der Waals surface area contributed by atoms with Crippen molar-refractivity contribution in [2.45, 2.75) is 26.0 Å². The Labute approximate surface area is 193 Å². The first-order valence-corrected chi connectivity index (χ1v) is 12.1. The molecule has 1 aromatic carbocycles. The number of thiazole rings is 1. The number of benzene rings is 1. The number of nitrogens with one attached hydrogen (secondary N) is 1. The predicted octanol–water partition coefficient (Wildman–Crippen LogP) is 6.16. The van der Waals surface area contributed by atoms with Gasteiger partial charge in [-0.25, -0.2) is 4.98 Å². The Bertz CT molecular complexity index is 1220. The van der Waals surface area contributed by atoms with Crippen LogP contribution in [0.5, 0.6) is 0 Å². The van der Waals surface area contributed by atoms with Crippen molar-refractivity contribution in [1.82, 2.24) is 14.9 Å². The van der Waals surface area contributed by atoms with Gasteiger partial charge in [-0.2, -0.15) is 0 Å². The molecule has 0 aliphatic carbocycles. The number of hydrogen-bond donors (Lipinski definition) is 1. The van der Waals surface area contributed by atoms with Crippen molar-refractivity contribution in [1.29, 1.82) is 0 Å². The molecule has 8 heteroatoms. The molecule has 0 bridgehead atoms. The number of nitrogens with zero attached hydrogens (tertiary/aromatic N) is 2. The molecule has 1 saturated heterocycles. The first-order valence-electron chi connectivity index (χ1n) is 10.0. The van der Waals surface area contributed by atoms with E-state index in [1.165, 1.54) is 0 Å². The summed E-state index contributed by atoms with van der Waals surface area (Å²) in [6.45, 7) is 2.66. The average molecular weight is 470 g/mol. The van der Waals surface area contributed by atoms with Gasteiger partial charge in [0.05, 0.1) is 27.0 Å². The van der Waals surface area contributed by atoms with Crippen LogP contribution in [0.25, 0.3) is 27.0 Å². The Morgan fingerprint density at radius 2 is 2.13 bits per heavy atom. The van der Waals surface area contributed by atoms with E-state index in [0.29, 0.717) is 17.2 Å². The van der Waals surface area contributed by atoms with Gasteiger partial charge in [0.25, 0.3) is 5.91 Å². The number of rotatable bonds is 5. The average Bonchev–Trinajstić information content (AvgIpc) is 3.55. The van der Waals surface area contributed by atoms with Gasteiger partial charge < -0.3 is 14.6 Å². The number of amides is 1. The van der Waals surface area contributed by atoms with Crippen molar-refractivity contribution in [2.75, 3.05) is 6.61 Å². The second kappa shape index (κ2) is 8.59. The second-order valence-corrected chi connectivity index (χ2v) is 9.50. The van der Waals surface area contributed by atoms with Crippen LogP contribution in [-0.2, 0) is 4.74 Å². The van der Waals surface area contributed by atoms with Crippen LogP contribution in [0.1, 0.15) is 28.9 Å². The Balaban J connectivity index is 1.57. The van der Waals surface area contributed by atoms with Crippen LogP contribution in [0.3, 0.4) is 0 Å². The molecular formula is C23H20ClN3O2S2. The van der Waals surface area contributed by atoms with E-state index >= 15 is 0 Å². The van der Waals surface area contributed by atoms with E-state index in [2.05, 4.69) is 9.88 Å². The van der Waals surface area contributed by atoms with E-state index in [4.69, 9.17) is 21.3 Å². The fourth-order valence-electron chi connectivity index (χ4n) is 3.77. The Morgan fingerprint density at radius 1 is 1.26 bits per heavy atom. The highest BCUT2D eigenvalue weighted by molar-refractivity contribution is 7.13. The molecule has 5 nitrogen and oxygen atoms in total. The van der Waals surface area contributed by atoms with Gasteiger partial charge in [-0.1, -0.05) is 29.8 Å². The number of thiophene rings is 1. The van der Waals surface area contributed by atoms with Gasteiger partial charge in [0.1, 0.15) is 11.2 Å². The molecule has 4 aromatic rings. The zero-order chi connectivity index (χ0) is 21.4. The van der Waals surface area contributed by atoms with E-state index in [9.17, 15) is 4.79 Å². The van der Waals surface area contributed by atoms with Crippen molar-refractivity contribution < 1.29 is 9.53 Å². The molecule has 1 unspecified atom stereocenters. The second-order valence-electron chi connectivity index (χ2n) is 7.31. The van der Waals surface area contributed by atoms with E-state index in [-0.39, 0.29) is 12.1 Å². The summed E-state index contributed by atoms with van der Waals surface area (Å²) in [6.07, 6.45) is 1.59. The highest BCUT2D eigenvalue weighted by atomic mass is 35.5. The fraction of sp³-hybridized carbons (Fsp3) is 0.217. The normalized spacial score (nSPS) is 16.0. The lowest BCUT2D eigenvalue weighted by atomic mass is 10.2. The van der Waals surface area contributed by atoms with E-state index < -0.39 is 0 Å². The summed E-state index contributed by atoms with van der Waals surface area (Å²) in [6, 6.07) is 13.7. The Hall–Kier alpha value is -2.45. The molecule has 1 amide bonds. The van der Waals surface area contributed by atoms with Crippen molar-refractivity contribution in [3.8, 4) is 27.0 Å². The zero-order valence-electron chi connectivity index (χ0n) is 16.8. The first-order chi connectivity index (χ1) is 15.1. The molecule has 0 radical (unpaired) electrons.